The second-order valence-corrected chi connectivity index (χ2v) is 15.5. The van der Waals surface area contributed by atoms with Gasteiger partial charge in [-0.15, -0.1) is 0 Å². The summed E-state index contributed by atoms with van der Waals surface area (Å²) in [4.78, 5) is 4.91. The summed E-state index contributed by atoms with van der Waals surface area (Å²) in [6, 6.07) is 61.2. The lowest BCUT2D eigenvalue weighted by Crippen LogP contribution is -1.95. The van der Waals surface area contributed by atoms with Crippen LogP contribution in [0.4, 0.5) is 0 Å². The number of pyridine rings is 1. The second-order valence-electron chi connectivity index (χ2n) is 15.5. The SMILES string of the molecule is c1ccc(-n2c3ccc(-c4ccc5c(c4)c4cccc6oc7cccc5c7c64)cc3c3cc(-n4c5cc6c(cc5c5ncccc54)oc4ccccc46)ccc32)cc1. The van der Waals surface area contributed by atoms with Gasteiger partial charge in [-0.3, -0.25) is 4.98 Å². The third-order valence-electron chi connectivity index (χ3n) is 12.5. The summed E-state index contributed by atoms with van der Waals surface area (Å²) >= 11 is 0. The van der Waals surface area contributed by atoms with E-state index >= 15 is 0 Å². The molecule has 0 amide bonds. The third kappa shape index (κ3) is 3.92. The van der Waals surface area contributed by atoms with Crippen LogP contribution in [-0.2, 0) is 0 Å². The molecule has 0 spiro atoms. The number of aromatic nitrogens is 3. The number of benzene rings is 9. The Morgan fingerprint density at radius 2 is 0.983 bits per heavy atom. The number of para-hydroxylation sites is 2. The summed E-state index contributed by atoms with van der Waals surface area (Å²) in [5, 5.41) is 13.0. The van der Waals surface area contributed by atoms with Crippen molar-refractivity contribution in [3.05, 3.63) is 176 Å². The van der Waals surface area contributed by atoms with Crippen molar-refractivity contribution in [1.29, 1.82) is 0 Å². The number of furan rings is 2. The van der Waals surface area contributed by atoms with Crippen LogP contribution < -0.4 is 0 Å². The highest BCUT2D eigenvalue weighted by molar-refractivity contribution is 6.33. The largest absolute Gasteiger partial charge is 0.456 e. The van der Waals surface area contributed by atoms with Crippen LogP contribution in [0, 0.1) is 0 Å². The van der Waals surface area contributed by atoms with E-state index in [1.165, 1.54) is 54.2 Å². The molecule has 9 aromatic carbocycles. The molecule has 0 aliphatic carbocycles. The van der Waals surface area contributed by atoms with Crippen molar-refractivity contribution in [2.45, 2.75) is 0 Å². The summed E-state index contributed by atoms with van der Waals surface area (Å²) in [5.74, 6) is 0. The molecule has 58 heavy (non-hydrogen) atoms. The van der Waals surface area contributed by atoms with Crippen molar-refractivity contribution in [2.75, 3.05) is 0 Å². The van der Waals surface area contributed by atoms with Gasteiger partial charge in [0, 0.05) is 55.3 Å². The molecule has 0 saturated heterocycles. The smallest absolute Gasteiger partial charge is 0.136 e. The van der Waals surface area contributed by atoms with Crippen LogP contribution >= 0.6 is 0 Å². The number of rotatable bonds is 3. The maximum Gasteiger partial charge on any atom is 0.136 e. The summed E-state index contributed by atoms with van der Waals surface area (Å²) in [6.07, 6.45) is 1.88. The van der Waals surface area contributed by atoms with E-state index in [2.05, 4.69) is 161 Å². The van der Waals surface area contributed by atoms with E-state index in [9.17, 15) is 0 Å². The van der Waals surface area contributed by atoms with Gasteiger partial charge in [-0.1, -0.05) is 78.9 Å². The van der Waals surface area contributed by atoms with Gasteiger partial charge < -0.3 is 18.0 Å². The normalized spacial score (nSPS) is 12.5. The summed E-state index contributed by atoms with van der Waals surface area (Å²) in [5.41, 5.74) is 13.6. The minimum atomic E-state index is 0.869. The maximum absolute atomic E-state index is 6.35. The fraction of sp³-hybridized carbons (Fsp3) is 0. The molecule has 0 atom stereocenters. The zero-order valence-corrected chi connectivity index (χ0v) is 30.9. The first-order valence-electron chi connectivity index (χ1n) is 19.7. The zero-order chi connectivity index (χ0) is 37.6. The lowest BCUT2D eigenvalue weighted by molar-refractivity contribution is 0.669. The Balaban J connectivity index is 1.03. The highest BCUT2D eigenvalue weighted by Crippen LogP contribution is 2.45. The fourth-order valence-electron chi connectivity index (χ4n) is 10.0. The van der Waals surface area contributed by atoms with Crippen molar-refractivity contribution < 1.29 is 8.83 Å². The molecule has 0 fully saturated rings. The van der Waals surface area contributed by atoms with Gasteiger partial charge in [0.1, 0.15) is 22.3 Å². The predicted octanol–water partition coefficient (Wildman–Crippen LogP) is 14.5. The molecule has 5 heterocycles. The number of fused-ring (bicyclic) bond motifs is 12. The highest BCUT2D eigenvalue weighted by Gasteiger charge is 2.21. The summed E-state index contributed by atoms with van der Waals surface area (Å²) < 4.78 is 17.4. The van der Waals surface area contributed by atoms with Crippen molar-refractivity contribution >= 4 is 109 Å². The Hall–Kier alpha value is -7.89. The van der Waals surface area contributed by atoms with E-state index in [0.29, 0.717) is 0 Å². The summed E-state index contributed by atoms with van der Waals surface area (Å²) in [7, 11) is 0. The van der Waals surface area contributed by atoms with Crippen LogP contribution in [0.25, 0.3) is 132 Å². The summed E-state index contributed by atoms with van der Waals surface area (Å²) in [6.45, 7) is 0. The minimum Gasteiger partial charge on any atom is -0.456 e. The van der Waals surface area contributed by atoms with E-state index in [-0.39, 0.29) is 0 Å². The van der Waals surface area contributed by atoms with Crippen LogP contribution in [0.5, 0.6) is 0 Å². The quantitative estimate of drug-likeness (QED) is 0.170. The first kappa shape index (κ1) is 30.3. The monoisotopic (exact) mass is 739 g/mol. The van der Waals surface area contributed by atoms with E-state index in [1.54, 1.807) is 0 Å². The van der Waals surface area contributed by atoms with Crippen molar-refractivity contribution in [3.8, 4) is 22.5 Å². The van der Waals surface area contributed by atoms with Gasteiger partial charge in [-0.05, 0) is 124 Å². The van der Waals surface area contributed by atoms with Crippen LogP contribution in [0.15, 0.2) is 185 Å². The van der Waals surface area contributed by atoms with E-state index in [0.717, 1.165) is 77.4 Å². The molecule has 5 aromatic heterocycles. The zero-order valence-electron chi connectivity index (χ0n) is 30.9. The van der Waals surface area contributed by atoms with Gasteiger partial charge in [0.05, 0.1) is 27.6 Å². The molecule has 14 aromatic rings. The van der Waals surface area contributed by atoms with Crippen LogP contribution in [0.2, 0.25) is 0 Å². The van der Waals surface area contributed by atoms with Gasteiger partial charge in [-0.25, -0.2) is 0 Å². The van der Waals surface area contributed by atoms with Crippen LogP contribution in [-0.4, -0.2) is 14.1 Å². The Morgan fingerprint density at radius 3 is 1.83 bits per heavy atom. The van der Waals surface area contributed by atoms with Crippen molar-refractivity contribution in [2.24, 2.45) is 0 Å². The first-order chi connectivity index (χ1) is 28.7. The fourth-order valence-corrected chi connectivity index (χ4v) is 10.0. The molecular weight excluding hydrogens is 711 g/mol. The third-order valence-corrected chi connectivity index (χ3v) is 12.5. The molecule has 0 radical (unpaired) electrons. The minimum absolute atomic E-state index is 0.869. The predicted molar refractivity (Wildman–Crippen MR) is 239 cm³/mol. The molecule has 268 valence electrons. The standard InChI is InChI=1S/C53H29N3O2/c1-2-9-32(10-3-1)55-43-22-19-31(30-18-21-34-36-12-6-16-48-51(36)52-37(38(34)25-30)13-7-17-49(52)58-48)26-39(43)40-27-33(20-23-44(40)55)56-45-14-8-24-54-53(45)42-29-50-41(28-46(42)56)35-11-4-5-15-47(35)57-50/h1-29H. The Morgan fingerprint density at radius 1 is 0.328 bits per heavy atom. The van der Waals surface area contributed by atoms with Gasteiger partial charge in [-0.2, -0.15) is 0 Å². The number of nitrogens with zero attached hydrogens (tertiary/aromatic N) is 3. The Kier molecular flexibility index (Phi) is 5.70. The van der Waals surface area contributed by atoms with Gasteiger partial charge in [0.25, 0.3) is 0 Å². The average molecular weight is 740 g/mol. The second kappa shape index (κ2) is 10.9. The molecule has 0 aliphatic rings. The topological polar surface area (TPSA) is 49.0 Å². The number of hydrogen-bond donors (Lipinski definition) is 0. The van der Waals surface area contributed by atoms with Crippen molar-refractivity contribution in [1.82, 2.24) is 14.1 Å². The number of hydrogen-bond acceptors (Lipinski definition) is 3. The average Bonchev–Trinajstić information content (AvgIpc) is 4.03. The lowest BCUT2D eigenvalue weighted by Gasteiger charge is -2.11. The van der Waals surface area contributed by atoms with E-state index in [1.807, 2.05) is 24.4 Å². The van der Waals surface area contributed by atoms with E-state index in [4.69, 9.17) is 13.8 Å². The lowest BCUT2D eigenvalue weighted by atomic mass is 9.92. The first-order valence-corrected chi connectivity index (χ1v) is 19.7. The molecule has 5 heteroatoms. The van der Waals surface area contributed by atoms with Crippen LogP contribution in [0.1, 0.15) is 0 Å². The highest BCUT2D eigenvalue weighted by atomic mass is 16.3. The molecular formula is C53H29N3O2. The van der Waals surface area contributed by atoms with Gasteiger partial charge in [0.15, 0.2) is 0 Å². The molecule has 0 saturated carbocycles. The molecule has 0 unspecified atom stereocenters. The molecule has 5 nitrogen and oxygen atoms in total. The maximum atomic E-state index is 6.35. The molecule has 0 N–H and O–H groups in total. The Bertz CT molecular complexity index is 4030. The van der Waals surface area contributed by atoms with Crippen LogP contribution in [0.3, 0.4) is 0 Å². The van der Waals surface area contributed by atoms with Gasteiger partial charge in [0.2, 0.25) is 0 Å². The molecule has 0 aliphatic heterocycles. The molecule has 14 rings (SSSR count). The van der Waals surface area contributed by atoms with Crippen molar-refractivity contribution in [3.63, 3.8) is 0 Å². The van der Waals surface area contributed by atoms with Gasteiger partial charge >= 0.3 is 0 Å². The Labute approximate surface area is 329 Å². The van der Waals surface area contributed by atoms with E-state index < -0.39 is 0 Å². The molecule has 0 bridgehead atoms.